The quantitative estimate of drug-likeness (QED) is 0.500. The second-order valence-corrected chi connectivity index (χ2v) is 10.0. The summed E-state index contributed by atoms with van der Waals surface area (Å²) in [5.74, 6) is 0. The molecule has 0 saturated carbocycles. The second-order valence-electron chi connectivity index (χ2n) is 10.0. The van der Waals surface area contributed by atoms with Crippen LogP contribution in [-0.2, 0) is 10.3 Å². The number of aliphatic hydroxyl groups excluding tert-OH is 1. The second kappa shape index (κ2) is 10.0. The van der Waals surface area contributed by atoms with Crippen LogP contribution >= 0.6 is 0 Å². The van der Waals surface area contributed by atoms with E-state index in [1.807, 2.05) is 49.4 Å². The van der Waals surface area contributed by atoms with Gasteiger partial charge in [-0.25, -0.2) is 4.79 Å². The number of carbonyl (C=O) groups is 1. The van der Waals surface area contributed by atoms with Gasteiger partial charge in [0.05, 0.1) is 11.6 Å². The van der Waals surface area contributed by atoms with E-state index in [4.69, 9.17) is 4.74 Å². The van der Waals surface area contributed by atoms with Gasteiger partial charge < -0.3 is 19.8 Å². The lowest BCUT2D eigenvalue weighted by molar-refractivity contribution is -0.101. The first kappa shape index (κ1) is 25.9. The van der Waals surface area contributed by atoms with Gasteiger partial charge >= 0.3 is 12.6 Å². The highest BCUT2D eigenvalue weighted by molar-refractivity contribution is 5.75. The van der Waals surface area contributed by atoms with Gasteiger partial charge in [0, 0.05) is 25.6 Å². The Morgan fingerprint density at radius 1 is 1.14 bits per heavy atom. The Morgan fingerprint density at radius 2 is 1.81 bits per heavy atom. The molecule has 1 unspecified atom stereocenters. The van der Waals surface area contributed by atoms with Gasteiger partial charge in [-0.15, -0.1) is 0 Å². The molecule has 2 aliphatic heterocycles. The van der Waals surface area contributed by atoms with Crippen molar-refractivity contribution >= 4 is 11.7 Å². The fourth-order valence-corrected chi connectivity index (χ4v) is 4.94. The fraction of sp³-hybridized carbons (Fsp3) is 0.393. The van der Waals surface area contributed by atoms with Gasteiger partial charge in [-0.1, -0.05) is 60.7 Å². The van der Waals surface area contributed by atoms with E-state index in [9.17, 15) is 23.8 Å². The third-order valence-electron chi connectivity index (χ3n) is 6.75. The highest BCUT2D eigenvalue weighted by atomic mass is 19.3. The van der Waals surface area contributed by atoms with E-state index in [0.717, 1.165) is 11.1 Å². The summed E-state index contributed by atoms with van der Waals surface area (Å²) in [6.07, 6.45) is 3.15. The predicted octanol–water partition coefficient (Wildman–Crippen LogP) is 5.40. The number of rotatable bonds is 7. The average molecular weight is 499 g/mol. The molecular weight excluding hydrogens is 466 g/mol. The predicted molar refractivity (Wildman–Crippen MR) is 133 cm³/mol. The Kier molecular flexibility index (Phi) is 7.20. The molecule has 2 N–H and O–H groups in total. The summed E-state index contributed by atoms with van der Waals surface area (Å²) in [4.78, 5) is 15.5. The van der Waals surface area contributed by atoms with E-state index >= 15 is 0 Å². The molecule has 6 nitrogen and oxygen atoms in total. The molecule has 0 aromatic heterocycles. The Balaban J connectivity index is 1.51. The van der Waals surface area contributed by atoms with Crippen molar-refractivity contribution in [2.75, 3.05) is 6.54 Å². The molecule has 1 amide bonds. The minimum atomic E-state index is -2.82. The number of alkyl halides is 2. The lowest BCUT2D eigenvalue weighted by atomic mass is 9.80. The Bertz CT molecular complexity index is 1130. The van der Waals surface area contributed by atoms with Crippen LogP contribution in [0.1, 0.15) is 56.3 Å². The van der Waals surface area contributed by atoms with Crippen molar-refractivity contribution in [2.45, 2.75) is 63.6 Å². The Morgan fingerprint density at radius 3 is 2.39 bits per heavy atom. The molecule has 2 aromatic rings. The SMILES string of the molecule is C[C@@H](c1ccc(C2=CN(C(F)F)C(O)C=C2)cc1)N1CC[C@](CC(C)(C)O)(c2ccccc2)OC1=O. The molecule has 0 aliphatic carbocycles. The zero-order chi connectivity index (χ0) is 26.1. The molecule has 4 rings (SSSR count). The minimum absolute atomic E-state index is 0.277. The Hall–Kier alpha value is -3.23. The van der Waals surface area contributed by atoms with E-state index in [1.54, 1.807) is 37.0 Å². The van der Waals surface area contributed by atoms with Crippen LogP contribution in [0.5, 0.6) is 0 Å². The summed E-state index contributed by atoms with van der Waals surface area (Å²) in [7, 11) is 0. The third kappa shape index (κ3) is 5.44. The van der Waals surface area contributed by atoms with Crippen LogP contribution in [-0.4, -0.2) is 51.0 Å². The zero-order valence-electron chi connectivity index (χ0n) is 20.6. The lowest BCUT2D eigenvalue weighted by Gasteiger charge is -2.45. The molecule has 2 aliphatic rings. The molecule has 1 fully saturated rings. The van der Waals surface area contributed by atoms with Crippen LogP contribution in [0.3, 0.4) is 0 Å². The molecule has 8 heteroatoms. The topological polar surface area (TPSA) is 73.2 Å². The monoisotopic (exact) mass is 498 g/mol. The molecule has 2 heterocycles. The highest BCUT2D eigenvalue weighted by Crippen LogP contribution is 2.42. The van der Waals surface area contributed by atoms with E-state index < -0.39 is 30.1 Å². The van der Waals surface area contributed by atoms with Crippen molar-refractivity contribution in [1.29, 1.82) is 0 Å². The minimum Gasteiger partial charge on any atom is -0.438 e. The van der Waals surface area contributed by atoms with Gasteiger partial charge in [0.1, 0.15) is 5.60 Å². The van der Waals surface area contributed by atoms with Crippen LogP contribution in [0.25, 0.3) is 5.57 Å². The Labute approximate surface area is 210 Å². The summed E-state index contributed by atoms with van der Waals surface area (Å²) in [5, 5.41) is 20.3. The number of nitrogens with zero attached hydrogens (tertiary/aromatic N) is 2. The van der Waals surface area contributed by atoms with Crippen molar-refractivity contribution in [3.8, 4) is 0 Å². The molecule has 0 spiro atoms. The lowest BCUT2D eigenvalue weighted by Crippen LogP contribution is -2.51. The zero-order valence-corrected chi connectivity index (χ0v) is 20.6. The smallest absolute Gasteiger partial charge is 0.411 e. The molecule has 3 atom stereocenters. The maximum Gasteiger partial charge on any atom is 0.411 e. The van der Waals surface area contributed by atoms with E-state index in [1.165, 1.54) is 12.3 Å². The highest BCUT2D eigenvalue weighted by Gasteiger charge is 2.46. The van der Waals surface area contributed by atoms with E-state index in [0.29, 0.717) is 29.0 Å². The van der Waals surface area contributed by atoms with Gasteiger partial charge in [0.15, 0.2) is 6.23 Å². The van der Waals surface area contributed by atoms with Crippen molar-refractivity contribution in [3.05, 3.63) is 89.6 Å². The molecule has 0 bridgehead atoms. The van der Waals surface area contributed by atoms with Gasteiger partial charge in [-0.05, 0) is 49.1 Å². The number of aliphatic hydroxyl groups is 2. The summed E-state index contributed by atoms with van der Waals surface area (Å²) >= 11 is 0. The van der Waals surface area contributed by atoms with Gasteiger partial charge in [0.2, 0.25) is 0 Å². The van der Waals surface area contributed by atoms with E-state index in [2.05, 4.69) is 0 Å². The number of allylic oxidation sites excluding steroid dienone is 2. The normalized spacial score (nSPS) is 23.5. The molecular formula is C28H32F2N2O4. The standard InChI is InChI=1S/C28H32F2N2O4/c1-19(20-9-11-21(12-10-20)22-13-14-24(33)32(17-22)25(29)30)31-16-15-28(36-26(31)34,18-27(2,3)35)23-7-5-4-6-8-23/h4-14,17,19,24-25,33,35H,15-16,18H2,1-3H3/t19-,24?,28-/m0/s1. The number of benzene rings is 2. The number of hydrogen-bond donors (Lipinski definition) is 2. The maximum absolute atomic E-state index is 13.2. The van der Waals surface area contributed by atoms with Gasteiger partial charge in [-0.2, -0.15) is 8.78 Å². The first-order valence-corrected chi connectivity index (χ1v) is 12.0. The van der Waals surface area contributed by atoms with Crippen LogP contribution in [0.15, 0.2) is 72.9 Å². The van der Waals surface area contributed by atoms with Gasteiger partial charge in [0.25, 0.3) is 0 Å². The van der Waals surface area contributed by atoms with E-state index in [-0.39, 0.29) is 12.5 Å². The molecule has 2 aromatic carbocycles. The van der Waals surface area contributed by atoms with Gasteiger partial charge in [-0.3, -0.25) is 4.90 Å². The summed E-state index contributed by atoms with van der Waals surface area (Å²) in [6, 6.07) is 16.6. The van der Waals surface area contributed by atoms with Crippen LogP contribution in [0.2, 0.25) is 0 Å². The number of amides is 1. The summed E-state index contributed by atoms with van der Waals surface area (Å²) in [5.41, 5.74) is 1.05. The van der Waals surface area contributed by atoms with Crippen molar-refractivity contribution in [3.63, 3.8) is 0 Å². The maximum atomic E-state index is 13.2. The molecule has 192 valence electrons. The first-order chi connectivity index (χ1) is 17.0. The average Bonchev–Trinajstić information content (AvgIpc) is 2.83. The van der Waals surface area contributed by atoms with Crippen molar-refractivity contribution in [1.82, 2.24) is 9.80 Å². The molecule has 36 heavy (non-hydrogen) atoms. The summed E-state index contributed by atoms with van der Waals surface area (Å²) < 4.78 is 32.4. The number of cyclic esters (lactones) is 1. The third-order valence-corrected chi connectivity index (χ3v) is 6.75. The fourth-order valence-electron chi connectivity index (χ4n) is 4.94. The van der Waals surface area contributed by atoms with Crippen molar-refractivity contribution < 1.29 is 28.5 Å². The van der Waals surface area contributed by atoms with Crippen LogP contribution < -0.4 is 0 Å². The van der Waals surface area contributed by atoms with Crippen LogP contribution in [0, 0.1) is 0 Å². The summed E-state index contributed by atoms with van der Waals surface area (Å²) in [6.45, 7) is 2.96. The largest absolute Gasteiger partial charge is 0.438 e. The first-order valence-electron chi connectivity index (χ1n) is 12.0. The number of halogens is 2. The number of hydrogen-bond acceptors (Lipinski definition) is 5. The number of carbonyl (C=O) groups excluding carboxylic acids is 1. The van der Waals surface area contributed by atoms with Crippen molar-refractivity contribution in [2.24, 2.45) is 0 Å². The molecule has 1 saturated heterocycles. The molecule has 0 radical (unpaired) electrons. The van der Waals surface area contributed by atoms with Crippen LogP contribution in [0.4, 0.5) is 13.6 Å². The number of ether oxygens (including phenoxy) is 1.